The van der Waals surface area contributed by atoms with Crippen LogP contribution in [0.3, 0.4) is 0 Å². The molecule has 0 saturated carbocycles. The van der Waals surface area contributed by atoms with Gasteiger partial charge < -0.3 is 18.8 Å². The molecule has 0 saturated heterocycles. The van der Waals surface area contributed by atoms with Crippen molar-refractivity contribution in [2.75, 3.05) is 5.75 Å². The van der Waals surface area contributed by atoms with Crippen molar-refractivity contribution >= 4 is 21.0 Å². The Morgan fingerprint density at radius 1 is 0.619 bits per heavy atom. The molecule has 0 heterocycles. The molecular formula is C34H48O6S2. The van der Waals surface area contributed by atoms with E-state index in [1.165, 1.54) is 14.7 Å². The van der Waals surface area contributed by atoms with Crippen molar-refractivity contribution in [3.63, 3.8) is 0 Å². The fourth-order valence-corrected chi connectivity index (χ4v) is 6.59. The van der Waals surface area contributed by atoms with Gasteiger partial charge in [0.2, 0.25) is 0 Å². The van der Waals surface area contributed by atoms with Gasteiger partial charge in [0.25, 0.3) is 0 Å². The van der Waals surface area contributed by atoms with Gasteiger partial charge in [-0.25, -0.2) is 8.42 Å². The van der Waals surface area contributed by atoms with E-state index in [4.69, 9.17) is 14.2 Å². The van der Waals surface area contributed by atoms with E-state index in [-0.39, 0.29) is 33.5 Å². The first-order valence-electron chi connectivity index (χ1n) is 14.3. The summed E-state index contributed by atoms with van der Waals surface area (Å²) in [5, 5.41) is 0. The largest absolute Gasteiger partial charge is 0.748 e. The van der Waals surface area contributed by atoms with Crippen molar-refractivity contribution in [3.05, 3.63) is 72.8 Å². The summed E-state index contributed by atoms with van der Waals surface area (Å²) in [5.74, 6) is 2.38. The standard InChI is InChI=1S/C30H39O3S.C4H10O3S/c1-28(2,3)31-22-13-10-16-25(19-22)34(26-17-11-14-23(20-26)32-29(4,5)6)27-18-12-15-24(21-27)33-30(7,8)9;1-2-3-4-8(5,6)7/h10-21H,1-9H3;2-4H2,1H3,(H,5,6,7)/q+1;/p-1. The minimum Gasteiger partial charge on any atom is -0.748 e. The molecule has 0 radical (unpaired) electrons. The third-order valence-corrected chi connectivity index (χ3v) is 8.11. The highest BCUT2D eigenvalue weighted by Crippen LogP contribution is 2.37. The van der Waals surface area contributed by atoms with Crippen LogP contribution in [0, 0.1) is 0 Å². The van der Waals surface area contributed by atoms with Gasteiger partial charge in [-0.05, 0) is 105 Å². The highest BCUT2D eigenvalue weighted by atomic mass is 32.2. The van der Waals surface area contributed by atoms with E-state index in [2.05, 4.69) is 117 Å². The molecule has 0 aliphatic heterocycles. The lowest BCUT2D eigenvalue weighted by Gasteiger charge is -2.22. The van der Waals surface area contributed by atoms with Crippen molar-refractivity contribution in [1.82, 2.24) is 0 Å². The van der Waals surface area contributed by atoms with Crippen LogP contribution < -0.4 is 14.2 Å². The predicted molar refractivity (Wildman–Crippen MR) is 172 cm³/mol. The summed E-state index contributed by atoms with van der Waals surface area (Å²) in [7, 11) is -4.31. The second-order valence-electron chi connectivity index (χ2n) is 13.0. The molecule has 0 amide bonds. The normalized spacial score (nSPS) is 12.4. The van der Waals surface area contributed by atoms with E-state index < -0.39 is 10.1 Å². The van der Waals surface area contributed by atoms with Crippen molar-refractivity contribution in [3.8, 4) is 17.2 Å². The average molecular weight is 617 g/mol. The molecule has 0 unspecified atom stereocenters. The van der Waals surface area contributed by atoms with Crippen LogP contribution in [0.25, 0.3) is 0 Å². The van der Waals surface area contributed by atoms with Gasteiger partial charge in [0, 0.05) is 24.0 Å². The van der Waals surface area contributed by atoms with Crippen molar-refractivity contribution in [2.45, 2.75) is 114 Å². The van der Waals surface area contributed by atoms with E-state index in [9.17, 15) is 13.0 Å². The van der Waals surface area contributed by atoms with Gasteiger partial charge in [0.1, 0.15) is 34.1 Å². The number of hydrogen-bond acceptors (Lipinski definition) is 6. The van der Waals surface area contributed by atoms with E-state index in [0.29, 0.717) is 6.42 Å². The van der Waals surface area contributed by atoms with E-state index >= 15 is 0 Å². The first kappa shape index (κ1) is 35.5. The van der Waals surface area contributed by atoms with Gasteiger partial charge in [-0.1, -0.05) is 31.5 Å². The highest BCUT2D eigenvalue weighted by Gasteiger charge is 2.31. The molecule has 8 heteroatoms. The van der Waals surface area contributed by atoms with Crippen LogP contribution >= 0.6 is 0 Å². The molecule has 6 nitrogen and oxygen atoms in total. The SMILES string of the molecule is CC(C)(C)Oc1cccc([S+](c2cccc(OC(C)(C)C)c2)c2cccc(OC(C)(C)C)c2)c1.CCCCS(=O)(=O)[O-]. The molecule has 0 bridgehead atoms. The Morgan fingerprint density at radius 2 is 0.929 bits per heavy atom. The zero-order valence-electron chi connectivity index (χ0n) is 26.8. The maximum absolute atomic E-state index is 9.83. The van der Waals surface area contributed by atoms with Gasteiger partial charge in [-0.3, -0.25) is 0 Å². The first-order valence-corrected chi connectivity index (χ1v) is 17.1. The molecular weight excluding hydrogens is 569 g/mol. The number of benzene rings is 3. The predicted octanol–water partition coefficient (Wildman–Crippen LogP) is 8.65. The molecule has 3 aromatic rings. The molecule has 3 aromatic carbocycles. The number of unbranched alkanes of at least 4 members (excludes halogenated alkanes) is 1. The van der Waals surface area contributed by atoms with Crippen molar-refractivity contribution in [2.24, 2.45) is 0 Å². The highest BCUT2D eigenvalue weighted by molar-refractivity contribution is 7.97. The third kappa shape index (κ3) is 14.0. The maximum Gasteiger partial charge on any atom is 0.170 e. The molecule has 0 N–H and O–H groups in total. The van der Waals surface area contributed by atoms with Gasteiger partial charge in [0.05, 0.1) is 21.0 Å². The molecule has 0 spiro atoms. The van der Waals surface area contributed by atoms with E-state index in [1.54, 1.807) is 0 Å². The minimum atomic E-state index is -3.94. The zero-order chi connectivity index (χ0) is 31.8. The number of rotatable bonds is 9. The molecule has 42 heavy (non-hydrogen) atoms. The summed E-state index contributed by atoms with van der Waals surface area (Å²) >= 11 is 0. The van der Waals surface area contributed by atoms with Gasteiger partial charge in [-0.2, -0.15) is 0 Å². The molecule has 0 atom stereocenters. The summed E-state index contributed by atoms with van der Waals surface area (Å²) in [6.07, 6.45) is 1.23. The molecule has 3 rings (SSSR count). The topological polar surface area (TPSA) is 84.9 Å². The molecule has 0 aliphatic carbocycles. The van der Waals surface area contributed by atoms with Crippen LogP contribution in [-0.4, -0.2) is 35.5 Å². The summed E-state index contributed by atoms with van der Waals surface area (Å²) in [6.45, 7) is 20.5. The quantitative estimate of drug-likeness (QED) is 0.177. The second kappa shape index (κ2) is 14.7. The first-order chi connectivity index (χ1) is 19.2. The second-order valence-corrected chi connectivity index (χ2v) is 16.5. The Kier molecular flexibility index (Phi) is 12.4. The Balaban J connectivity index is 0.000000675. The molecule has 0 aliphatic rings. The van der Waals surface area contributed by atoms with E-state index in [1.807, 2.05) is 25.1 Å². The average Bonchev–Trinajstić information content (AvgIpc) is 2.80. The number of hydrogen-bond donors (Lipinski definition) is 0. The summed E-state index contributed by atoms with van der Waals surface area (Å²) in [5.41, 5.74) is -0.797. The van der Waals surface area contributed by atoms with E-state index in [0.717, 1.165) is 23.7 Å². The minimum absolute atomic E-state index is 0.219. The number of ether oxygens (including phenoxy) is 3. The third-order valence-electron chi connectivity index (χ3n) is 5.14. The molecule has 232 valence electrons. The summed E-state index contributed by atoms with van der Waals surface area (Å²) < 4.78 is 48.1. The lowest BCUT2D eigenvalue weighted by Crippen LogP contribution is -2.23. The Bertz CT molecular complexity index is 1240. The fraction of sp³-hybridized carbons (Fsp3) is 0.471. The van der Waals surface area contributed by atoms with Crippen LogP contribution in [0.1, 0.15) is 82.1 Å². The monoisotopic (exact) mass is 616 g/mol. The Morgan fingerprint density at radius 3 is 1.14 bits per heavy atom. The fourth-order valence-electron chi connectivity index (χ4n) is 3.78. The Hall–Kier alpha value is -2.68. The van der Waals surface area contributed by atoms with Gasteiger partial charge in [-0.15, -0.1) is 0 Å². The maximum atomic E-state index is 9.83. The smallest absolute Gasteiger partial charge is 0.170 e. The summed E-state index contributed by atoms with van der Waals surface area (Å²) in [4.78, 5) is 3.55. The lowest BCUT2D eigenvalue weighted by molar-refractivity contribution is 0.130. The zero-order valence-corrected chi connectivity index (χ0v) is 28.4. The molecule has 0 fully saturated rings. The van der Waals surface area contributed by atoms with Crippen LogP contribution in [0.15, 0.2) is 87.5 Å². The van der Waals surface area contributed by atoms with Crippen LogP contribution in [0.2, 0.25) is 0 Å². The molecule has 0 aromatic heterocycles. The van der Waals surface area contributed by atoms with Gasteiger partial charge >= 0.3 is 0 Å². The van der Waals surface area contributed by atoms with Gasteiger partial charge in [0.15, 0.2) is 14.7 Å². The van der Waals surface area contributed by atoms with Crippen molar-refractivity contribution in [1.29, 1.82) is 0 Å². The van der Waals surface area contributed by atoms with Crippen molar-refractivity contribution < 1.29 is 27.2 Å². The van der Waals surface area contributed by atoms with Crippen LogP contribution in [-0.2, 0) is 21.0 Å². The van der Waals surface area contributed by atoms with Crippen LogP contribution in [0.4, 0.5) is 0 Å². The Labute approximate surface area is 256 Å². The van der Waals surface area contributed by atoms with Crippen LogP contribution in [0.5, 0.6) is 17.2 Å². The summed E-state index contributed by atoms with van der Waals surface area (Å²) in [6, 6.07) is 25.3. The lowest BCUT2D eigenvalue weighted by atomic mass is 10.2.